The Kier molecular flexibility index (Phi) is 4.90. The molecule has 64 valence electrons. The monoisotopic (exact) mass is 224 g/mol. The second kappa shape index (κ2) is 5.15. The van der Waals surface area contributed by atoms with Gasteiger partial charge in [0.25, 0.3) is 0 Å². The van der Waals surface area contributed by atoms with Crippen LogP contribution in [0.5, 0.6) is 0 Å². The fraction of sp³-hybridized carbons (Fsp3) is 0.667. The Hall–Kier alpha value is -0.541. The van der Waals surface area contributed by atoms with Crippen LogP contribution in [0.2, 0.25) is 0 Å². The molecule has 0 spiro atoms. The number of carbonyl (C=O) groups is 1. The van der Waals surface area contributed by atoms with Crippen LogP contribution in [0.3, 0.4) is 0 Å². The topological polar surface area (TPSA) is 52.6 Å². The predicted octanol–water partition coefficient (Wildman–Crippen LogP) is -1.13. The van der Waals surface area contributed by atoms with E-state index in [4.69, 9.17) is 5.11 Å². The first-order chi connectivity index (χ1) is 5.04. The van der Waals surface area contributed by atoms with Gasteiger partial charge >= 0.3 is 73.4 Å². The summed E-state index contributed by atoms with van der Waals surface area (Å²) in [5.74, 6) is -0.788. The zero-order valence-corrected chi connectivity index (χ0v) is 8.34. The van der Waals surface area contributed by atoms with Crippen molar-refractivity contribution in [1.29, 1.82) is 0 Å². The molecule has 5 heteroatoms. The van der Waals surface area contributed by atoms with Crippen LogP contribution in [0.4, 0.5) is 0 Å². The van der Waals surface area contributed by atoms with Crippen LogP contribution >= 0.6 is 0 Å². The first kappa shape index (κ1) is 10.5. The number of carboxylic acids is 1. The molecule has 0 aliphatic heterocycles. The Morgan fingerprint density at radius 2 is 2.18 bits per heavy atom. The molecular formula is C6H12N2O2Se. The molecule has 0 rings (SSSR count). The second-order valence-electron chi connectivity index (χ2n) is 2.27. The van der Waals surface area contributed by atoms with Crippen LogP contribution in [0.25, 0.3) is 0 Å². The third kappa shape index (κ3) is 5.88. The first-order valence-electron chi connectivity index (χ1n) is 3.21. The summed E-state index contributed by atoms with van der Waals surface area (Å²) in [5, 5.41) is 11.2. The number of hydrogen-bond acceptors (Lipinski definition) is 3. The van der Waals surface area contributed by atoms with Crippen molar-refractivity contribution in [3.05, 3.63) is 0 Å². The van der Waals surface area contributed by atoms with Gasteiger partial charge in [0.05, 0.1) is 0 Å². The maximum atomic E-state index is 10.1. The number of carboxylic acid groups (broad SMARTS) is 1. The summed E-state index contributed by atoms with van der Waals surface area (Å²) in [7, 11) is 3.75. The third-order valence-electron chi connectivity index (χ3n) is 1.02. The molecule has 2 N–H and O–H groups in total. The molecule has 0 amide bonds. The van der Waals surface area contributed by atoms with E-state index in [-0.39, 0.29) is 6.42 Å². The Labute approximate surface area is 73.9 Å². The van der Waals surface area contributed by atoms with Gasteiger partial charge in [-0.2, -0.15) is 0 Å². The molecule has 0 radical (unpaired) electrons. The van der Waals surface area contributed by atoms with Crippen molar-refractivity contribution < 1.29 is 9.90 Å². The van der Waals surface area contributed by atoms with Crippen LogP contribution in [0.1, 0.15) is 6.42 Å². The van der Waals surface area contributed by atoms with Crippen molar-refractivity contribution >= 4 is 26.2 Å². The van der Waals surface area contributed by atoms with Crippen LogP contribution in [-0.2, 0) is 4.79 Å². The average Bonchev–Trinajstić information content (AvgIpc) is 1.86. The molecule has 0 unspecified atom stereocenters. The van der Waals surface area contributed by atoms with Crippen molar-refractivity contribution in [2.24, 2.45) is 0 Å². The Morgan fingerprint density at radius 1 is 1.64 bits per heavy atom. The Bertz CT molecular complexity index is 159. The normalized spacial score (nSPS) is 8.91. The predicted molar refractivity (Wildman–Crippen MR) is 44.7 cm³/mol. The molecular weight excluding hydrogens is 211 g/mol. The quantitative estimate of drug-likeness (QED) is 0.579. The van der Waals surface area contributed by atoms with E-state index in [1.165, 1.54) is 0 Å². The van der Waals surface area contributed by atoms with E-state index in [0.717, 1.165) is 4.67 Å². The zero-order chi connectivity index (χ0) is 8.85. The molecule has 0 atom stereocenters. The van der Waals surface area contributed by atoms with E-state index in [1.54, 1.807) is 0 Å². The molecule has 0 aromatic rings. The summed E-state index contributed by atoms with van der Waals surface area (Å²) in [6.07, 6.45) is 0.138. The summed E-state index contributed by atoms with van der Waals surface area (Å²) in [6.45, 7) is 0.454. The van der Waals surface area contributed by atoms with Crippen LogP contribution < -0.4 is 5.32 Å². The molecule has 4 nitrogen and oxygen atoms in total. The fourth-order valence-corrected chi connectivity index (χ4v) is 0.649. The van der Waals surface area contributed by atoms with E-state index in [1.807, 2.05) is 19.0 Å². The van der Waals surface area contributed by atoms with Crippen molar-refractivity contribution in [2.45, 2.75) is 6.42 Å². The molecule has 0 heterocycles. The minimum atomic E-state index is -0.788. The van der Waals surface area contributed by atoms with Gasteiger partial charge in [0.1, 0.15) is 0 Å². The third-order valence-corrected chi connectivity index (χ3v) is 2.09. The van der Waals surface area contributed by atoms with E-state index < -0.39 is 5.97 Å². The van der Waals surface area contributed by atoms with Gasteiger partial charge in [-0.1, -0.05) is 0 Å². The fourth-order valence-electron chi connectivity index (χ4n) is 0.434. The molecule has 0 aromatic carbocycles. The van der Waals surface area contributed by atoms with E-state index in [0.29, 0.717) is 6.54 Å². The van der Waals surface area contributed by atoms with Gasteiger partial charge < -0.3 is 0 Å². The van der Waals surface area contributed by atoms with Crippen LogP contribution in [0, 0.1) is 0 Å². The van der Waals surface area contributed by atoms with E-state index in [9.17, 15) is 4.79 Å². The molecule has 0 saturated carbocycles. The van der Waals surface area contributed by atoms with Gasteiger partial charge in [0.2, 0.25) is 0 Å². The van der Waals surface area contributed by atoms with E-state index in [2.05, 4.69) is 20.9 Å². The molecule has 0 saturated heterocycles. The van der Waals surface area contributed by atoms with Crippen molar-refractivity contribution in [3.8, 4) is 0 Å². The van der Waals surface area contributed by atoms with Crippen molar-refractivity contribution in [2.75, 3.05) is 20.6 Å². The molecule has 0 fully saturated rings. The Morgan fingerprint density at radius 3 is 2.55 bits per heavy atom. The molecule has 11 heavy (non-hydrogen) atoms. The number of aliphatic carboxylic acids is 1. The summed E-state index contributed by atoms with van der Waals surface area (Å²) < 4.78 is 0.853. The standard InChI is InChI=1S/C6H12N2O2Se/c1-8(2)6(11)7-4-3-5(9)10/h3-4H2,1-2H3,(H,7,11)(H,9,10). The van der Waals surface area contributed by atoms with Crippen LogP contribution in [0.15, 0.2) is 0 Å². The number of nitrogens with zero attached hydrogens (tertiary/aromatic N) is 1. The van der Waals surface area contributed by atoms with Gasteiger partial charge in [-0.25, -0.2) is 0 Å². The molecule has 0 bridgehead atoms. The van der Waals surface area contributed by atoms with E-state index >= 15 is 0 Å². The molecule has 0 aliphatic carbocycles. The zero-order valence-electron chi connectivity index (χ0n) is 6.63. The van der Waals surface area contributed by atoms with Gasteiger partial charge in [-0.15, -0.1) is 0 Å². The molecule has 0 aliphatic rings. The molecule has 0 aromatic heterocycles. The number of nitrogens with one attached hydrogen (secondary N) is 1. The van der Waals surface area contributed by atoms with Gasteiger partial charge in [-0.3, -0.25) is 0 Å². The average molecular weight is 223 g/mol. The first-order valence-corrected chi connectivity index (χ1v) is 4.06. The van der Waals surface area contributed by atoms with Gasteiger partial charge in [0, 0.05) is 0 Å². The Balaban J connectivity index is 3.39. The summed E-state index contributed by atoms with van der Waals surface area (Å²) in [6, 6.07) is 0. The van der Waals surface area contributed by atoms with Gasteiger partial charge in [-0.05, 0) is 0 Å². The number of rotatable bonds is 5. The van der Waals surface area contributed by atoms with Gasteiger partial charge in [0.15, 0.2) is 0 Å². The van der Waals surface area contributed by atoms with Crippen LogP contribution in [-0.4, -0.2) is 56.9 Å². The number of hydrogen-bond donors (Lipinski definition) is 2. The van der Waals surface area contributed by atoms with Crippen molar-refractivity contribution in [1.82, 2.24) is 10.2 Å². The summed E-state index contributed by atoms with van der Waals surface area (Å²) >= 11 is 2.79. The summed E-state index contributed by atoms with van der Waals surface area (Å²) in [5.41, 5.74) is 0. The second-order valence-corrected chi connectivity index (χ2v) is 3.08. The SMILES string of the molecule is CN(C)C(=[Se])NCCC(=O)O. The van der Waals surface area contributed by atoms with Crippen molar-refractivity contribution in [3.63, 3.8) is 0 Å². The summed E-state index contributed by atoms with van der Waals surface area (Å²) in [4.78, 5) is 11.9. The maximum absolute atomic E-state index is 10.1. The minimum absolute atomic E-state index is 0.138.